The van der Waals surface area contributed by atoms with Gasteiger partial charge in [-0.3, -0.25) is 4.57 Å². The molecule has 1 N–H and O–H groups in total. The van der Waals surface area contributed by atoms with Crippen molar-refractivity contribution in [3.8, 4) is 11.4 Å². The third-order valence-electron chi connectivity index (χ3n) is 7.02. The van der Waals surface area contributed by atoms with Crippen molar-refractivity contribution in [2.45, 2.75) is 64.5 Å². The summed E-state index contributed by atoms with van der Waals surface area (Å²) in [5.74, 6) is -2.08. The number of halogens is 3. The third kappa shape index (κ3) is 4.68. The molecular weight excluding hydrogens is 473 g/mol. The van der Waals surface area contributed by atoms with E-state index < -0.39 is 18.0 Å². The van der Waals surface area contributed by atoms with Crippen LogP contribution in [-0.4, -0.2) is 40.4 Å². The van der Waals surface area contributed by atoms with E-state index in [4.69, 9.17) is 9.47 Å². The largest absolute Gasteiger partial charge is 0.489 e. The minimum absolute atomic E-state index is 0.0557. The quantitative estimate of drug-likeness (QED) is 0.372. The first-order chi connectivity index (χ1) is 16.8. The Morgan fingerprint density at radius 3 is 2.28 bits per heavy atom. The van der Waals surface area contributed by atoms with Crippen LogP contribution in [0.15, 0.2) is 30.3 Å². The van der Waals surface area contributed by atoms with Crippen LogP contribution in [0.1, 0.15) is 74.8 Å². The summed E-state index contributed by atoms with van der Waals surface area (Å²) >= 11 is 0. The fraction of sp³-hybridized carbons (Fsp3) is 0.481. The summed E-state index contributed by atoms with van der Waals surface area (Å²) in [4.78, 5) is 15.3. The number of ether oxygens (including phenoxy) is 2. The van der Waals surface area contributed by atoms with Crippen LogP contribution in [0.25, 0.3) is 16.7 Å². The molecule has 6 nitrogen and oxygen atoms in total. The second kappa shape index (κ2) is 9.10. The molecule has 0 atom stereocenters. The SMILES string of the molecule is CCOCCOc1cc2c(cc1-n1c(C(F)(F)F)nc3cc(C(=O)O)ccc31)C(C)(C)CCC2(C)C. The molecule has 0 spiro atoms. The first-order valence-corrected chi connectivity index (χ1v) is 12.0. The maximum absolute atomic E-state index is 14.3. The molecule has 36 heavy (non-hydrogen) atoms. The molecule has 0 fully saturated rings. The zero-order chi connectivity index (χ0) is 26.5. The maximum atomic E-state index is 14.3. The highest BCUT2D eigenvalue weighted by Gasteiger charge is 2.41. The van der Waals surface area contributed by atoms with Crippen LogP contribution in [0.2, 0.25) is 0 Å². The van der Waals surface area contributed by atoms with Crippen LogP contribution in [-0.2, 0) is 21.7 Å². The molecule has 4 rings (SSSR count). The lowest BCUT2D eigenvalue weighted by Crippen LogP contribution is -2.34. The Kier molecular flexibility index (Phi) is 6.58. The molecule has 194 valence electrons. The Hall–Kier alpha value is -3.07. The lowest BCUT2D eigenvalue weighted by Gasteiger charge is -2.42. The van der Waals surface area contributed by atoms with Crippen molar-refractivity contribution in [3.63, 3.8) is 0 Å². The number of carboxylic acids is 1. The Morgan fingerprint density at radius 1 is 1.06 bits per heavy atom. The van der Waals surface area contributed by atoms with E-state index in [1.165, 1.54) is 12.1 Å². The highest BCUT2D eigenvalue weighted by Crippen LogP contribution is 2.49. The van der Waals surface area contributed by atoms with E-state index in [2.05, 4.69) is 32.7 Å². The topological polar surface area (TPSA) is 73.6 Å². The molecule has 1 aliphatic carbocycles. The predicted octanol–water partition coefficient (Wildman–Crippen LogP) is 6.51. The summed E-state index contributed by atoms with van der Waals surface area (Å²) in [6.45, 7) is 11.3. The Bertz CT molecular complexity index is 1310. The van der Waals surface area contributed by atoms with E-state index in [9.17, 15) is 23.1 Å². The van der Waals surface area contributed by atoms with Gasteiger partial charge in [-0.25, -0.2) is 9.78 Å². The normalized spacial score (nSPS) is 16.7. The van der Waals surface area contributed by atoms with Crippen LogP contribution in [0, 0.1) is 0 Å². The van der Waals surface area contributed by atoms with E-state index in [0.717, 1.165) is 34.6 Å². The first kappa shape index (κ1) is 26.0. The van der Waals surface area contributed by atoms with E-state index >= 15 is 0 Å². The smallest absolute Gasteiger partial charge is 0.450 e. The van der Waals surface area contributed by atoms with Crippen LogP contribution < -0.4 is 4.74 Å². The van der Waals surface area contributed by atoms with Crippen molar-refractivity contribution in [2.24, 2.45) is 0 Å². The molecule has 0 radical (unpaired) electrons. The summed E-state index contributed by atoms with van der Waals surface area (Å²) in [6, 6.07) is 7.44. The molecule has 1 heterocycles. The zero-order valence-corrected chi connectivity index (χ0v) is 21.1. The second-order valence-electron chi connectivity index (χ2n) is 10.5. The number of rotatable bonds is 7. The van der Waals surface area contributed by atoms with Crippen LogP contribution in [0.3, 0.4) is 0 Å². The van der Waals surface area contributed by atoms with Crippen molar-refractivity contribution in [1.82, 2.24) is 9.55 Å². The molecule has 2 aromatic carbocycles. The summed E-state index contributed by atoms with van der Waals surface area (Å²) < 4.78 is 55.3. The number of aromatic nitrogens is 2. The van der Waals surface area contributed by atoms with Crippen molar-refractivity contribution in [3.05, 3.63) is 52.8 Å². The van der Waals surface area contributed by atoms with Gasteiger partial charge in [-0.15, -0.1) is 0 Å². The number of nitrogens with zero attached hydrogens (tertiary/aromatic N) is 2. The van der Waals surface area contributed by atoms with Gasteiger partial charge in [0.2, 0.25) is 5.82 Å². The fourth-order valence-corrected chi connectivity index (χ4v) is 4.88. The van der Waals surface area contributed by atoms with Gasteiger partial charge in [-0.1, -0.05) is 27.7 Å². The number of hydrogen-bond donors (Lipinski definition) is 1. The van der Waals surface area contributed by atoms with Crippen LogP contribution in [0.5, 0.6) is 5.75 Å². The first-order valence-electron chi connectivity index (χ1n) is 12.0. The van der Waals surface area contributed by atoms with Gasteiger partial charge in [0.05, 0.1) is 28.9 Å². The number of fused-ring (bicyclic) bond motifs is 2. The van der Waals surface area contributed by atoms with Gasteiger partial charge in [0, 0.05) is 6.61 Å². The Balaban J connectivity index is 2.02. The van der Waals surface area contributed by atoms with E-state index in [1.807, 2.05) is 13.0 Å². The van der Waals surface area contributed by atoms with Gasteiger partial charge in [0.1, 0.15) is 12.4 Å². The number of benzene rings is 2. The maximum Gasteiger partial charge on any atom is 0.450 e. The predicted molar refractivity (Wildman–Crippen MR) is 130 cm³/mol. The molecular formula is C27H31F3N2O4. The number of imidazole rings is 1. The minimum Gasteiger partial charge on any atom is -0.489 e. The van der Waals surface area contributed by atoms with Gasteiger partial charge >= 0.3 is 12.1 Å². The van der Waals surface area contributed by atoms with E-state index in [0.29, 0.717) is 19.0 Å². The third-order valence-corrected chi connectivity index (χ3v) is 7.02. The highest BCUT2D eigenvalue weighted by atomic mass is 19.4. The molecule has 0 bridgehead atoms. The number of carbonyl (C=O) groups is 1. The fourth-order valence-electron chi connectivity index (χ4n) is 4.88. The van der Waals surface area contributed by atoms with Crippen LogP contribution >= 0.6 is 0 Å². The van der Waals surface area contributed by atoms with E-state index in [-0.39, 0.29) is 39.7 Å². The van der Waals surface area contributed by atoms with E-state index in [1.54, 1.807) is 6.07 Å². The monoisotopic (exact) mass is 504 g/mol. The second-order valence-corrected chi connectivity index (χ2v) is 10.5. The minimum atomic E-state index is -4.78. The van der Waals surface area contributed by atoms with Crippen molar-refractivity contribution >= 4 is 17.0 Å². The molecule has 3 aromatic rings. The average molecular weight is 505 g/mol. The summed E-state index contributed by atoms with van der Waals surface area (Å²) in [5.41, 5.74) is 1.74. The molecule has 0 amide bonds. The van der Waals surface area contributed by atoms with Gasteiger partial charge in [0.15, 0.2) is 0 Å². The molecule has 0 saturated heterocycles. The van der Waals surface area contributed by atoms with Gasteiger partial charge in [-0.2, -0.15) is 13.2 Å². The van der Waals surface area contributed by atoms with Crippen molar-refractivity contribution in [1.29, 1.82) is 0 Å². The molecule has 0 unspecified atom stereocenters. The number of hydrogen-bond acceptors (Lipinski definition) is 4. The number of carboxylic acid groups (broad SMARTS) is 1. The zero-order valence-electron chi connectivity index (χ0n) is 21.1. The van der Waals surface area contributed by atoms with Gasteiger partial charge < -0.3 is 14.6 Å². The molecule has 0 saturated carbocycles. The number of alkyl halides is 3. The summed E-state index contributed by atoms with van der Waals surface area (Å²) in [7, 11) is 0. The summed E-state index contributed by atoms with van der Waals surface area (Å²) in [5, 5.41) is 9.33. The van der Waals surface area contributed by atoms with Crippen LogP contribution in [0.4, 0.5) is 13.2 Å². The van der Waals surface area contributed by atoms with Gasteiger partial charge in [0.25, 0.3) is 0 Å². The van der Waals surface area contributed by atoms with Gasteiger partial charge in [-0.05, 0) is 72.1 Å². The Morgan fingerprint density at radius 2 is 1.69 bits per heavy atom. The highest BCUT2D eigenvalue weighted by molar-refractivity contribution is 5.93. The summed E-state index contributed by atoms with van der Waals surface area (Å²) in [6.07, 6.45) is -2.96. The molecule has 1 aromatic heterocycles. The van der Waals surface area contributed by atoms with Crippen molar-refractivity contribution in [2.75, 3.05) is 19.8 Å². The molecule has 1 aliphatic rings. The van der Waals surface area contributed by atoms with Crippen molar-refractivity contribution < 1.29 is 32.5 Å². The lowest BCUT2D eigenvalue weighted by molar-refractivity contribution is -0.145. The average Bonchev–Trinajstić information content (AvgIpc) is 3.19. The number of aromatic carboxylic acids is 1. The molecule has 9 heteroatoms. The lowest BCUT2D eigenvalue weighted by atomic mass is 9.63. The Labute approximate surface area is 208 Å². The standard InChI is InChI=1S/C27H31F3N2O4/c1-6-35-11-12-36-22-15-18-17(25(2,3)9-10-26(18,4)5)14-21(22)32-20-8-7-16(23(33)34)13-19(20)31-24(32)27(28,29)30/h7-8,13-15H,6,9-12H2,1-5H3,(H,33,34). The molecule has 0 aliphatic heterocycles.